The minimum Gasteiger partial charge on any atom is -0.494 e. The molecule has 1 aromatic carbocycles. The molecule has 0 atom stereocenters. The van der Waals surface area contributed by atoms with Crippen molar-refractivity contribution in [3.63, 3.8) is 0 Å². The molecule has 2 N–H and O–H groups in total. The highest BCUT2D eigenvalue weighted by Crippen LogP contribution is 2.11. The lowest BCUT2D eigenvalue weighted by Crippen LogP contribution is -2.26. The predicted octanol–water partition coefficient (Wildman–Crippen LogP) is 2.56. The molecule has 0 spiro atoms. The molecule has 0 fully saturated rings. The van der Waals surface area contributed by atoms with Crippen molar-refractivity contribution < 1.29 is 4.74 Å². The highest BCUT2D eigenvalue weighted by atomic mass is 16.5. The van der Waals surface area contributed by atoms with E-state index >= 15 is 0 Å². The summed E-state index contributed by atoms with van der Waals surface area (Å²) in [5.41, 5.74) is 1.30. The molecule has 0 saturated carbocycles. The summed E-state index contributed by atoms with van der Waals surface area (Å²) in [6, 6.07) is 8.87. The van der Waals surface area contributed by atoms with Crippen LogP contribution in [0, 0.1) is 0 Å². The van der Waals surface area contributed by atoms with Gasteiger partial charge in [-0.05, 0) is 44.1 Å². The van der Waals surface area contributed by atoms with Gasteiger partial charge in [0, 0.05) is 12.6 Å². The lowest BCUT2D eigenvalue weighted by molar-refractivity contribution is 0.340. The summed E-state index contributed by atoms with van der Waals surface area (Å²) < 4.78 is 5.41. The van der Waals surface area contributed by atoms with E-state index in [1.54, 1.807) is 0 Å². The first kappa shape index (κ1) is 15.0. The van der Waals surface area contributed by atoms with Crippen molar-refractivity contribution >= 4 is 0 Å². The van der Waals surface area contributed by atoms with Gasteiger partial charge in [0.15, 0.2) is 0 Å². The summed E-state index contributed by atoms with van der Waals surface area (Å²) in [7, 11) is 0. The summed E-state index contributed by atoms with van der Waals surface area (Å²) in [5, 5.41) is 6.86. The Labute approximate surface area is 111 Å². The molecule has 3 heteroatoms. The van der Waals surface area contributed by atoms with Gasteiger partial charge in [-0.2, -0.15) is 0 Å². The molecule has 0 radical (unpaired) electrons. The molecule has 0 aromatic heterocycles. The van der Waals surface area contributed by atoms with Crippen LogP contribution in [0.3, 0.4) is 0 Å². The van der Waals surface area contributed by atoms with Gasteiger partial charge in [-0.3, -0.25) is 0 Å². The quantitative estimate of drug-likeness (QED) is 0.661. The van der Waals surface area contributed by atoms with Crippen LogP contribution in [0.15, 0.2) is 24.3 Å². The molecule has 0 bridgehead atoms. The van der Waals surface area contributed by atoms with Crippen LogP contribution >= 0.6 is 0 Å². The van der Waals surface area contributed by atoms with Crippen molar-refractivity contribution in [1.82, 2.24) is 10.6 Å². The van der Waals surface area contributed by atoms with Gasteiger partial charge in [0.25, 0.3) is 0 Å². The number of nitrogens with one attached hydrogen (secondary N) is 2. The summed E-state index contributed by atoms with van der Waals surface area (Å²) >= 11 is 0. The first-order chi connectivity index (χ1) is 8.72. The number of rotatable bonds is 9. The van der Waals surface area contributed by atoms with Crippen LogP contribution in [-0.2, 0) is 6.54 Å². The molecule has 0 aliphatic heterocycles. The number of benzene rings is 1. The smallest absolute Gasteiger partial charge is 0.119 e. The topological polar surface area (TPSA) is 33.3 Å². The van der Waals surface area contributed by atoms with E-state index in [2.05, 4.69) is 36.6 Å². The third kappa shape index (κ3) is 6.62. The zero-order valence-electron chi connectivity index (χ0n) is 11.8. The van der Waals surface area contributed by atoms with Crippen LogP contribution in [0.25, 0.3) is 0 Å². The van der Waals surface area contributed by atoms with E-state index in [9.17, 15) is 0 Å². The molecule has 0 unspecified atom stereocenters. The SMILES string of the molecule is CCOc1ccc(CNCCCNC(C)C)cc1. The average molecular weight is 250 g/mol. The van der Waals surface area contributed by atoms with E-state index in [4.69, 9.17) is 4.74 Å². The maximum atomic E-state index is 5.41. The van der Waals surface area contributed by atoms with Gasteiger partial charge in [0.05, 0.1) is 6.61 Å². The van der Waals surface area contributed by atoms with Crippen molar-refractivity contribution in [2.45, 2.75) is 39.8 Å². The number of hydrogen-bond acceptors (Lipinski definition) is 3. The normalized spacial score (nSPS) is 10.9. The first-order valence-electron chi connectivity index (χ1n) is 6.88. The maximum Gasteiger partial charge on any atom is 0.119 e. The Kier molecular flexibility index (Phi) is 7.46. The molecular weight excluding hydrogens is 224 g/mol. The predicted molar refractivity (Wildman–Crippen MR) is 77.1 cm³/mol. The molecule has 0 saturated heterocycles. The fourth-order valence-corrected chi connectivity index (χ4v) is 1.71. The third-order valence-electron chi connectivity index (χ3n) is 2.65. The van der Waals surface area contributed by atoms with Gasteiger partial charge in [0.2, 0.25) is 0 Å². The number of ether oxygens (including phenoxy) is 1. The van der Waals surface area contributed by atoms with Crippen molar-refractivity contribution in [3.05, 3.63) is 29.8 Å². The zero-order chi connectivity index (χ0) is 13.2. The van der Waals surface area contributed by atoms with E-state index in [1.807, 2.05) is 19.1 Å². The summed E-state index contributed by atoms with van der Waals surface area (Å²) in [4.78, 5) is 0. The van der Waals surface area contributed by atoms with Crippen LogP contribution in [0.2, 0.25) is 0 Å². The Morgan fingerprint density at radius 2 is 1.83 bits per heavy atom. The Bertz CT molecular complexity index is 309. The molecule has 0 aliphatic carbocycles. The van der Waals surface area contributed by atoms with Gasteiger partial charge < -0.3 is 15.4 Å². The van der Waals surface area contributed by atoms with Gasteiger partial charge in [-0.1, -0.05) is 26.0 Å². The van der Waals surface area contributed by atoms with Crippen LogP contribution in [-0.4, -0.2) is 25.7 Å². The second-order valence-electron chi connectivity index (χ2n) is 4.72. The van der Waals surface area contributed by atoms with Gasteiger partial charge >= 0.3 is 0 Å². The summed E-state index contributed by atoms with van der Waals surface area (Å²) in [6.45, 7) is 10.1. The Hall–Kier alpha value is -1.06. The third-order valence-corrected chi connectivity index (χ3v) is 2.65. The van der Waals surface area contributed by atoms with Crippen LogP contribution in [0.5, 0.6) is 5.75 Å². The van der Waals surface area contributed by atoms with Crippen LogP contribution in [0.4, 0.5) is 0 Å². The van der Waals surface area contributed by atoms with Gasteiger partial charge in [-0.15, -0.1) is 0 Å². The number of hydrogen-bond donors (Lipinski definition) is 2. The zero-order valence-corrected chi connectivity index (χ0v) is 11.8. The summed E-state index contributed by atoms with van der Waals surface area (Å²) in [5.74, 6) is 0.947. The van der Waals surface area contributed by atoms with Crippen molar-refractivity contribution in [3.8, 4) is 5.75 Å². The molecule has 1 rings (SSSR count). The average Bonchev–Trinajstić information content (AvgIpc) is 2.35. The lowest BCUT2D eigenvalue weighted by atomic mass is 10.2. The summed E-state index contributed by atoms with van der Waals surface area (Å²) in [6.07, 6.45) is 1.16. The van der Waals surface area contributed by atoms with Crippen molar-refractivity contribution in [2.75, 3.05) is 19.7 Å². The van der Waals surface area contributed by atoms with E-state index in [0.29, 0.717) is 6.04 Å². The highest BCUT2D eigenvalue weighted by Gasteiger charge is 1.95. The molecule has 102 valence electrons. The van der Waals surface area contributed by atoms with E-state index in [-0.39, 0.29) is 0 Å². The van der Waals surface area contributed by atoms with Gasteiger partial charge in [0.1, 0.15) is 5.75 Å². The van der Waals surface area contributed by atoms with Crippen molar-refractivity contribution in [1.29, 1.82) is 0 Å². The van der Waals surface area contributed by atoms with E-state index in [0.717, 1.165) is 38.4 Å². The Balaban J connectivity index is 2.11. The molecule has 3 nitrogen and oxygen atoms in total. The highest BCUT2D eigenvalue weighted by molar-refractivity contribution is 5.27. The molecule has 0 heterocycles. The molecule has 18 heavy (non-hydrogen) atoms. The monoisotopic (exact) mass is 250 g/mol. The maximum absolute atomic E-state index is 5.41. The lowest BCUT2D eigenvalue weighted by Gasteiger charge is -2.09. The fraction of sp³-hybridized carbons (Fsp3) is 0.600. The second kappa shape index (κ2) is 8.95. The second-order valence-corrected chi connectivity index (χ2v) is 4.72. The molecular formula is C15H26N2O. The van der Waals surface area contributed by atoms with E-state index < -0.39 is 0 Å². The molecule has 0 amide bonds. The van der Waals surface area contributed by atoms with Gasteiger partial charge in [-0.25, -0.2) is 0 Å². The minimum atomic E-state index is 0.580. The Morgan fingerprint density at radius 1 is 1.11 bits per heavy atom. The van der Waals surface area contributed by atoms with Crippen LogP contribution in [0.1, 0.15) is 32.8 Å². The fourth-order valence-electron chi connectivity index (χ4n) is 1.71. The molecule has 1 aromatic rings. The van der Waals surface area contributed by atoms with Crippen molar-refractivity contribution in [2.24, 2.45) is 0 Å². The van der Waals surface area contributed by atoms with Crippen LogP contribution < -0.4 is 15.4 Å². The Morgan fingerprint density at radius 3 is 2.44 bits per heavy atom. The molecule has 0 aliphatic rings. The largest absolute Gasteiger partial charge is 0.494 e. The standard InChI is InChI=1S/C15H26N2O/c1-4-18-15-8-6-14(7-9-15)12-16-10-5-11-17-13(2)3/h6-9,13,16-17H,4-5,10-12H2,1-3H3. The minimum absolute atomic E-state index is 0.580. The first-order valence-corrected chi connectivity index (χ1v) is 6.88. The van der Waals surface area contributed by atoms with E-state index in [1.165, 1.54) is 5.56 Å².